The number of carbonyl (C=O) groups is 3. The molecular weight excluding hydrogens is 342 g/mol. The van der Waals surface area contributed by atoms with E-state index in [1.807, 2.05) is 24.3 Å². The summed E-state index contributed by atoms with van der Waals surface area (Å²) in [6, 6.07) is 10.7. The van der Waals surface area contributed by atoms with Gasteiger partial charge in [0.2, 0.25) is 11.8 Å². The van der Waals surface area contributed by atoms with E-state index >= 15 is 0 Å². The lowest BCUT2D eigenvalue weighted by atomic mass is 10.2. The van der Waals surface area contributed by atoms with Gasteiger partial charge >= 0.3 is 0 Å². The Hall–Kier alpha value is -2.74. The second-order valence-electron chi connectivity index (χ2n) is 5.38. The molecule has 2 aromatic rings. The Labute approximate surface area is 148 Å². The number of nitrogens with one attached hydrogen (secondary N) is 3. The quantitative estimate of drug-likeness (QED) is 0.681. The lowest BCUT2D eigenvalue weighted by molar-refractivity contribution is -0.124. The molecule has 3 N–H and O–H groups in total. The van der Waals surface area contributed by atoms with Gasteiger partial charge in [-0.2, -0.15) is 0 Å². The zero-order valence-corrected chi connectivity index (χ0v) is 14.1. The summed E-state index contributed by atoms with van der Waals surface area (Å²) < 4.78 is 4.97. The molecule has 0 radical (unpaired) electrons. The second-order valence-corrected chi connectivity index (χ2v) is 6.62. The van der Waals surface area contributed by atoms with E-state index < -0.39 is 5.25 Å². The Morgan fingerprint density at radius 3 is 2.72 bits per heavy atom. The number of rotatable bonds is 6. The van der Waals surface area contributed by atoms with E-state index in [-0.39, 0.29) is 43.0 Å². The fraction of sp³-hybridized carbons (Fsp3) is 0.235. The number of para-hydroxylation sites is 1. The van der Waals surface area contributed by atoms with Crippen LogP contribution < -0.4 is 16.0 Å². The van der Waals surface area contributed by atoms with Crippen LogP contribution in [0.3, 0.4) is 0 Å². The molecule has 25 heavy (non-hydrogen) atoms. The van der Waals surface area contributed by atoms with E-state index in [2.05, 4.69) is 16.0 Å². The van der Waals surface area contributed by atoms with Gasteiger partial charge in [-0.1, -0.05) is 12.1 Å². The smallest absolute Gasteiger partial charge is 0.287 e. The van der Waals surface area contributed by atoms with Gasteiger partial charge in [0.1, 0.15) is 0 Å². The predicted molar refractivity (Wildman–Crippen MR) is 93.4 cm³/mol. The minimum absolute atomic E-state index is 0.0803. The Morgan fingerprint density at radius 2 is 1.92 bits per heavy atom. The summed E-state index contributed by atoms with van der Waals surface area (Å²) in [6.45, 7) is 0.555. The van der Waals surface area contributed by atoms with Crippen molar-refractivity contribution >= 4 is 35.2 Å². The Bertz CT molecular complexity index is 776. The molecule has 0 fully saturated rings. The van der Waals surface area contributed by atoms with Crippen molar-refractivity contribution in [1.82, 2.24) is 10.6 Å². The first-order valence-corrected chi connectivity index (χ1v) is 8.66. The maximum atomic E-state index is 12.1. The van der Waals surface area contributed by atoms with Crippen LogP contribution in [-0.4, -0.2) is 36.1 Å². The average molecular weight is 359 g/mol. The normalized spacial score (nSPS) is 15.8. The van der Waals surface area contributed by atoms with E-state index in [0.717, 1.165) is 10.6 Å². The van der Waals surface area contributed by atoms with Crippen LogP contribution >= 0.6 is 11.8 Å². The van der Waals surface area contributed by atoms with Gasteiger partial charge in [0, 0.05) is 24.4 Å². The first-order chi connectivity index (χ1) is 12.1. The van der Waals surface area contributed by atoms with Crippen LogP contribution in [-0.2, 0) is 9.59 Å². The Balaban J connectivity index is 1.41. The highest BCUT2D eigenvalue weighted by atomic mass is 32.2. The largest absolute Gasteiger partial charge is 0.459 e. The van der Waals surface area contributed by atoms with Crippen molar-refractivity contribution in [3.63, 3.8) is 0 Å². The van der Waals surface area contributed by atoms with Crippen molar-refractivity contribution in [3.8, 4) is 0 Å². The summed E-state index contributed by atoms with van der Waals surface area (Å²) in [5, 5.41) is 7.67. The topological polar surface area (TPSA) is 100 Å². The van der Waals surface area contributed by atoms with E-state index in [1.54, 1.807) is 12.1 Å². The molecule has 130 valence electrons. The van der Waals surface area contributed by atoms with Crippen LogP contribution in [0.25, 0.3) is 0 Å². The molecule has 1 aliphatic rings. The monoisotopic (exact) mass is 359 g/mol. The molecular formula is C17H17N3O4S. The zero-order valence-electron chi connectivity index (χ0n) is 13.3. The number of hydrogen-bond donors (Lipinski definition) is 3. The number of furan rings is 1. The van der Waals surface area contributed by atoms with Gasteiger partial charge in [-0.3, -0.25) is 14.4 Å². The summed E-state index contributed by atoms with van der Waals surface area (Å²) >= 11 is 1.38. The third kappa shape index (κ3) is 4.42. The molecule has 8 heteroatoms. The molecule has 1 atom stereocenters. The summed E-state index contributed by atoms with van der Waals surface area (Å²) in [6.07, 6.45) is 1.50. The minimum Gasteiger partial charge on any atom is -0.459 e. The minimum atomic E-state index is -0.465. The number of fused-ring (bicyclic) bond motifs is 1. The van der Waals surface area contributed by atoms with Crippen LogP contribution in [0.2, 0.25) is 0 Å². The van der Waals surface area contributed by atoms with Crippen LogP contribution in [0.1, 0.15) is 17.0 Å². The highest BCUT2D eigenvalue weighted by Gasteiger charge is 2.28. The van der Waals surface area contributed by atoms with Gasteiger partial charge < -0.3 is 20.4 Å². The molecule has 7 nitrogen and oxygen atoms in total. The fourth-order valence-electron chi connectivity index (χ4n) is 2.34. The lowest BCUT2D eigenvalue weighted by Crippen LogP contribution is -2.38. The van der Waals surface area contributed by atoms with Gasteiger partial charge in [-0.25, -0.2) is 0 Å². The van der Waals surface area contributed by atoms with Crippen LogP contribution in [0.4, 0.5) is 5.69 Å². The summed E-state index contributed by atoms with van der Waals surface area (Å²) in [5.74, 6) is -0.525. The summed E-state index contributed by atoms with van der Waals surface area (Å²) in [7, 11) is 0. The maximum Gasteiger partial charge on any atom is 0.287 e. The fourth-order valence-corrected chi connectivity index (χ4v) is 3.45. The van der Waals surface area contributed by atoms with Gasteiger partial charge in [-0.05, 0) is 24.3 Å². The van der Waals surface area contributed by atoms with E-state index in [0.29, 0.717) is 0 Å². The van der Waals surface area contributed by atoms with Gasteiger partial charge in [0.15, 0.2) is 5.76 Å². The van der Waals surface area contributed by atoms with Crippen molar-refractivity contribution in [3.05, 3.63) is 48.4 Å². The second kappa shape index (κ2) is 7.89. The highest BCUT2D eigenvalue weighted by molar-refractivity contribution is 8.01. The van der Waals surface area contributed by atoms with E-state index in [4.69, 9.17) is 4.42 Å². The van der Waals surface area contributed by atoms with Crippen LogP contribution in [0, 0.1) is 0 Å². The molecule has 0 aliphatic carbocycles. The molecule has 0 spiro atoms. The Morgan fingerprint density at radius 1 is 1.12 bits per heavy atom. The maximum absolute atomic E-state index is 12.1. The standard InChI is InChI=1S/C17H17N3O4S/c21-15(18-7-8-19-16(22)12-5-3-9-24-12)10-14-17(23)20-11-4-1-2-6-13(11)25-14/h1-6,9,14H,7-8,10H2,(H,18,21)(H,19,22)(H,20,23). The number of amides is 3. The first kappa shape index (κ1) is 17.1. The molecule has 0 saturated carbocycles. The van der Waals surface area contributed by atoms with Gasteiger partial charge in [0.05, 0.1) is 17.2 Å². The molecule has 0 bridgehead atoms. The molecule has 1 aromatic heterocycles. The van der Waals surface area contributed by atoms with Crippen molar-refractivity contribution in [2.24, 2.45) is 0 Å². The van der Waals surface area contributed by atoms with Crippen LogP contribution in [0.15, 0.2) is 52.0 Å². The number of anilines is 1. The summed E-state index contributed by atoms with van der Waals surface area (Å²) in [4.78, 5) is 36.7. The van der Waals surface area contributed by atoms with Crippen LogP contribution in [0.5, 0.6) is 0 Å². The third-order valence-electron chi connectivity index (χ3n) is 3.56. The molecule has 3 rings (SSSR count). The number of benzene rings is 1. The SMILES string of the molecule is O=C(CC1Sc2ccccc2NC1=O)NCCNC(=O)c1ccco1. The van der Waals surface area contributed by atoms with E-state index in [1.165, 1.54) is 18.0 Å². The van der Waals surface area contributed by atoms with Crippen molar-refractivity contribution < 1.29 is 18.8 Å². The van der Waals surface area contributed by atoms with Crippen molar-refractivity contribution in [1.29, 1.82) is 0 Å². The van der Waals surface area contributed by atoms with Crippen molar-refractivity contribution in [2.45, 2.75) is 16.6 Å². The van der Waals surface area contributed by atoms with Crippen molar-refractivity contribution in [2.75, 3.05) is 18.4 Å². The average Bonchev–Trinajstić information content (AvgIpc) is 3.14. The van der Waals surface area contributed by atoms with Gasteiger partial charge in [-0.15, -0.1) is 11.8 Å². The number of hydrogen-bond acceptors (Lipinski definition) is 5. The number of thioether (sulfide) groups is 1. The van der Waals surface area contributed by atoms with E-state index in [9.17, 15) is 14.4 Å². The highest BCUT2D eigenvalue weighted by Crippen LogP contribution is 2.36. The zero-order chi connectivity index (χ0) is 17.6. The number of carbonyl (C=O) groups excluding carboxylic acids is 3. The molecule has 0 saturated heterocycles. The first-order valence-electron chi connectivity index (χ1n) is 7.78. The lowest BCUT2D eigenvalue weighted by Gasteiger charge is -2.23. The Kier molecular flexibility index (Phi) is 5.39. The summed E-state index contributed by atoms with van der Waals surface area (Å²) in [5.41, 5.74) is 0.773. The molecule has 3 amide bonds. The molecule has 1 unspecified atom stereocenters. The molecule has 2 heterocycles. The molecule has 1 aliphatic heterocycles. The third-order valence-corrected chi connectivity index (χ3v) is 4.83. The van der Waals surface area contributed by atoms with Gasteiger partial charge in [0.25, 0.3) is 5.91 Å². The predicted octanol–water partition coefficient (Wildman–Crippen LogP) is 1.63. The molecule has 1 aromatic carbocycles.